The van der Waals surface area contributed by atoms with Gasteiger partial charge in [0, 0.05) is 23.0 Å². The number of hydrogen-bond donors (Lipinski definition) is 2. The van der Waals surface area contributed by atoms with Gasteiger partial charge in [0.25, 0.3) is 5.91 Å². The zero-order valence-electron chi connectivity index (χ0n) is 15.0. The normalized spacial score (nSPS) is 10.6. The number of hydrogen-bond acceptors (Lipinski definition) is 5. The van der Waals surface area contributed by atoms with Gasteiger partial charge in [0.15, 0.2) is 16.3 Å². The van der Waals surface area contributed by atoms with Crippen LogP contribution in [0, 0.1) is 6.92 Å². The fraction of sp³-hybridized carbons (Fsp3) is 0.0476. The summed E-state index contributed by atoms with van der Waals surface area (Å²) < 4.78 is 5.75. The Balaban J connectivity index is 1.49. The Kier molecular flexibility index (Phi) is 4.82. The summed E-state index contributed by atoms with van der Waals surface area (Å²) in [7, 11) is 0. The summed E-state index contributed by atoms with van der Waals surface area (Å²) in [5, 5.41) is 5.93. The van der Waals surface area contributed by atoms with Crippen molar-refractivity contribution in [2.75, 3.05) is 5.32 Å². The summed E-state index contributed by atoms with van der Waals surface area (Å²) in [6.45, 7) is 1.88. The first-order valence-corrected chi connectivity index (χ1v) is 9.01. The Bertz CT molecular complexity index is 1150. The van der Waals surface area contributed by atoms with E-state index in [0.717, 1.165) is 11.1 Å². The van der Waals surface area contributed by atoms with Crippen LogP contribution in [0.5, 0.6) is 0 Å². The lowest BCUT2D eigenvalue weighted by Gasteiger charge is -2.11. The molecule has 2 aromatic carbocycles. The summed E-state index contributed by atoms with van der Waals surface area (Å²) in [5.74, 6) is 0.212. The summed E-state index contributed by atoms with van der Waals surface area (Å²) in [4.78, 5) is 21.0. The standard InChI is InChI=1S/C21H16N4O2S/c1-13-6-2-3-9-16(13)19(26)25-21(28)23-15-8-4-7-14(12-15)20-24-18-17(27-20)10-5-11-22-18/h2-12H,1H3,(H2,23,25,26,28). The minimum atomic E-state index is -0.253. The van der Waals surface area contributed by atoms with Crippen LogP contribution in [0.1, 0.15) is 15.9 Å². The van der Waals surface area contributed by atoms with Gasteiger partial charge in [-0.25, -0.2) is 4.98 Å². The highest BCUT2D eigenvalue weighted by molar-refractivity contribution is 7.80. The number of rotatable bonds is 3. The van der Waals surface area contributed by atoms with Gasteiger partial charge in [-0.3, -0.25) is 10.1 Å². The van der Waals surface area contributed by atoms with Crippen molar-refractivity contribution in [3.05, 3.63) is 78.0 Å². The SMILES string of the molecule is Cc1ccccc1C(=O)NC(=S)Nc1cccc(-c2nc3ncccc3o2)c1. The van der Waals surface area contributed by atoms with Crippen LogP contribution < -0.4 is 10.6 Å². The highest BCUT2D eigenvalue weighted by Crippen LogP contribution is 2.25. The molecule has 7 heteroatoms. The van der Waals surface area contributed by atoms with E-state index in [4.69, 9.17) is 16.6 Å². The second-order valence-corrected chi connectivity index (χ2v) is 6.56. The monoisotopic (exact) mass is 388 g/mol. The highest BCUT2D eigenvalue weighted by atomic mass is 32.1. The van der Waals surface area contributed by atoms with Crippen molar-refractivity contribution >= 4 is 40.2 Å². The van der Waals surface area contributed by atoms with Crippen molar-refractivity contribution in [3.63, 3.8) is 0 Å². The Hall–Kier alpha value is -3.58. The zero-order chi connectivity index (χ0) is 19.5. The van der Waals surface area contributed by atoms with E-state index in [2.05, 4.69) is 20.6 Å². The molecule has 2 N–H and O–H groups in total. The molecule has 0 radical (unpaired) electrons. The number of aromatic nitrogens is 2. The first kappa shape index (κ1) is 17.8. The van der Waals surface area contributed by atoms with Gasteiger partial charge in [0.2, 0.25) is 5.89 Å². The first-order valence-electron chi connectivity index (χ1n) is 8.60. The van der Waals surface area contributed by atoms with E-state index in [9.17, 15) is 4.79 Å². The highest BCUT2D eigenvalue weighted by Gasteiger charge is 2.12. The molecule has 1 amide bonds. The largest absolute Gasteiger partial charge is 0.434 e. The van der Waals surface area contributed by atoms with Crippen LogP contribution in [0.25, 0.3) is 22.7 Å². The lowest BCUT2D eigenvalue weighted by Crippen LogP contribution is -2.34. The molecular formula is C21H16N4O2S. The van der Waals surface area contributed by atoms with Gasteiger partial charge in [0.1, 0.15) is 0 Å². The minimum Gasteiger partial charge on any atom is -0.434 e. The smallest absolute Gasteiger partial charge is 0.257 e. The number of anilines is 1. The molecule has 0 saturated carbocycles. The Morgan fingerprint density at radius 3 is 2.75 bits per heavy atom. The number of fused-ring (bicyclic) bond motifs is 1. The summed E-state index contributed by atoms with van der Waals surface area (Å²) >= 11 is 5.28. The van der Waals surface area contributed by atoms with Crippen LogP contribution in [0.4, 0.5) is 5.69 Å². The van der Waals surface area contributed by atoms with Crippen LogP contribution >= 0.6 is 12.2 Å². The molecule has 0 unspecified atom stereocenters. The van der Waals surface area contributed by atoms with Crippen LogP contribution in [0.3, 0.4) is 0 Å². The summed E-state index contributed by atoms with van der Waals surface area (Å²) in [6, 6.07) is 18.4. The minimum absolute atomic E-state index is 0.213. The Morgan fingerprint density at radius 2 is 1.93 bits per heavy atom. The molecule has 0 saturated heterocycles. The molecule has 0 atom stereocenters. The van der Waals surface area contributed by atoms with Gasteiger partial charge in [0.05, 0.1) is 0 Å². The second kappa shape index (κ2) is 7.58. The van der Waals surface area contributed by atoms with Crippen molar-refractivity contribution in [1.82, 2.24) is 15.3 Å². The maximum absolute atomic E-state index is 12.4. The molecule has 0 fully saturated rings. The summed E-state index contributed by atoms with van der Waals surface area (Å²) in [6.07, 6.45) is 1.67. The van der Waals surface area contributed by atoms with E-state index in [1.165, 1.54) is 0 Å². The van der Waals surface area contributed by atoms with Crippen molar-refractivity contribution in [2.24, 2.45) is 0 Å². The Labute approximate surface area is 166 Å². The molecule has 4 aromatic rings. The summed E-state index contributed by atoms with van der Waals surface area (Å²) in [5.41, 5.74) is 4.13. The van der Waals surface area contributed by atoms with Gasteiger partial charge in [-0.05, 0) is 61.1 Å². The van der Waals surface area contributed by atoms with Crippen molar-refractivity contribution in [2.45, 2.75) is 6.92 Å². The van der Waals surface area contributed by atoms with Crippen molar-refractivity contribution < 1.29 is 9.21 Å². The molecule has 0 spiro atoms. The zero-order valence-corrected chi connectivity index (χ0v) is 15.8. The number of oxazole rings is 1. The van der Waals surface area contributed by atoms with E-state index >= 15 is 0 Å². The van der Waals surface area contributed by atoms with E-state index in [1.807, 2.05) is 55.5 Å². The molecule has 2 heterocycles. The predicted octanol–water partition coefficient (Wildman–Crippen LogP) is 4.33. The fourth-order valence-electron chi connectivity index (χ4n) is 2.78. The topological polar surface area (TPSA) is 80.0 Å². The number of pyridine rings is 1. The third-order valence-electron chi connectivity index (χ3n) is 4.15. The fourth-order valence-corrected chi connectivity index (χ4v) is 2.99. The molecule has 138 valence electrons. The van der Waals surface area contributed by atoms with Gasteiger partial charge >= 0.3 is 0 Å². The van der Waals surface area contributed by atoms with E-state index in [-0.39, 0.29) is 11.0 Å². The van der Waals surface area contributed by atoms with Gasteiger partial charge in [-0.15, -0.1) is 0 Å². The van der Waals surface area contributed by atoms with E-state index in [1.54, 1.807) is 18.3 Å². The number of amides is 1. The predicted molar refractivity (Wildman–Crippen MR) is 112 cm³/mol. The number of nitrogens with zero attached hydrogens (tertiary/aromatic N) is 2. The molecule has 6 nitrogen and oxygen atoms in total. The molecule has 0 aliphatic heterocycles. The van der Waals surface area contributed by atoms with Crippen LogP contribution in [0.15, 0.2) is 71.3 Å². The Morgan fingerprint density at radius 1 is 1.07 bits per heavy atom. The average molecular weight is 388 g/mol. The number of benzene rings is 2. The third-order valence-corrected chi connectivity index (χ3v) is 4.35. The number of thiocarbonyl (C=S) groups is 1. The molecule has 4 rings (SSSR count). The third kappa shape index (κ3) is 3.74. The maximum Gasteiger partial charge on any atom is 0.257 e. The average Bonchev–Trinajstić information content (AvgIpc) is 3.12. The molecular weight excluding hydrogens is 372 g/mol. The molecule has 0 bridgehead atoms. The van der Waals surface area contributed by atoms with Gasteiger partial charge in [-0.2, -0.15) is 4.98 Å². The van der Waals surface area contributed by atoms with Crippen LogP contribution in [0.2, 0.25) is 0 Å². The molecule has 0 aliphatic rings. The first-order chi connectivity index (χ1) is 13.6. The molecule has 28 heavy (non-hydrogen) atoms. The quantitative estimate of drug-likeness (QED) is 0.509. The van der Waals surface area contributed by atoms with E-state index < -0.39 is 0 Å². The number of carbonyl (C=O) groups excluding carboxylic acids is 1. The van der Waals surface area contributed by atoms with Crippen LogP contribution in [-0.4, -0.2) is 21.0 Å². The number of carbonyl (C=O) groups is 1. The van der Waals surface area contributed by atoms with Crippen molar-refractivity contribution in [1.29, 1.82) is 0 Å². The second-order valence-electron chi connectivity index (χ2n) is 6.15. The lowest BCUT2D eigenvalue weighted by atomic mass is 10.1. The van der Waals surface area contributed by atoms with E-state index in [0.29, 0.717) is 28.4 Å². The van der Waals surface area contributed by atoms with Gasteiger partial charge in [-0.1, -0.05) is 24.3 Å². The molecule has 0 aliphatic carbocycles. The maximum atomic E-state index is 12.4. The van der Waals surface area contributed by atoms with Gasteiger partial charge < -0.3 is 9.73 Å². The lowest BCUT2D eigenvalue weighted by molar-refractivity contribution is 0.0977. The van der Waals surface area contributed by atoms with Crippen LogP contribution in [-0.2, 0) is 0 Å². The molecule has 2 aromatic heterocycles. The van der Waals surface area contributed by atoms with Crippen molar-refractivity contribution in [3.8, 4) is 11.5 Å². The number of aryl methyl sites for hydroxylation is 1. The number of nitrogens with one attached hydrogen (secondary N) is 2.